The molecule has 2 heterocycles. The van der Waals surface area contributed by atoms with E-state index in [0.717, 1.165) is 54.3 Å². The van der Waals surface area contributed by atoms with Gasteiger partial charge >= 0.3 is 5.97 Å². The minimum Gasteiger partial charge on any atom is -0.494 e. The monoisotopic (exact) mass is 590 g/mol. The lowest BCUT2D eigenvalue weighted by atomic mass is 9.49. The summed E-state index contributed by atoms with van der Waals surface area (Å²) >= 11 is 6.39. The molecule has 2 aromatic heterocycles. The van der Waals surface area contributed by atoms with Gasteiger partial charge in [-0.15, -0.1) is 0 Å². The average Bonchev–Trinajstić information content (AvgIpc) is 3.32. The predicted octanol–water partition coefficient (Wildman–Crippen LogP) is 6.19. The van der Waals surface area contributed by atoms with Crippen molar-refractivity contribution in [3.63, 3.8) is 0 Å². The number of halogens is 2. The third-order valence-corrected chi connectivity index (χ3v) is 8.75. The first-order valence-corrected chi connectivity index (χ1v) is 14.5. The van der Waals surface area contributed by atoms with Crippen molar-refractivity contribution in [3.8, 4) is 16.9 Å². The number of methoxy groups -OCH3 is 1. The highest BCUT2D eigenvalue weighted by Gasteiger charge is 2.52. The quantitative estimate of drug-likeness (QED) is 0.234. The summed E-state index contributed by atoms with van der Waals surface area (Å²) < 4.78 is 25.8. The first-order chi connectivity index (χ1) is 20.2. The lowest BCUT2D eigenvalue weighted by Gasteiger charge is -2.58. The van der Waals surface area contributed by atoms with E-state index >= 15 is 0 Å². The Balaban J connectivity index is 1.12. The van der Waals surface area contributed by atoms with Crippen LogP contribution >= 0.6 is 11.6 Å². The molecule has 4 aromatic rings. The summed E-state index contributed by atoms with van der Waals surface area (Å²) in [4.78, 5) is 29.0. The molecule has 1 spiro atoms. The third-order valence-electron chi connectivity index (χ3n) is 8.53. The number of amides is 1. The first kappa shape index (κ1) is 28.2. The van der Waals surface area contributed by atoms with E-state index in [9.17, 15) is 14.0 Å². The Morgan fingerprint density at radius 3 is 2.60 bits per heavy atom. The van der Waals surface area contributed by atoms with Gasteiger partial charge in [-0.1, -0.05) is 23.7 Å². The van der Waals surface area contributed by atoms with Gasteiger partial charge in [-0.25, -0.2) is 4.39 Å². The smallest absolute Gasteiger partial charge is 0.302 e. The van der Waals surface area contributed by atoms with Crippen molar-refractivity contribution >= 4 is 34.4 Å². The van der Waals surface area contributed by atoms with Crippen molar-refractivity contribution < 1.29 is 23.5 Å². The van der Waals surface area contributed by atoms with Crippen LogP contribution in [-0.2, 0) is 16.1 Å². The second kappa shape index (κ2) is 11.4. The lowest BCUT2D eigenvalue weighted by molar-refractivity contribution is -0.142. The molecule has 2 fully saturated rings. The van der Waals surface area contributed by atoms with Crippen LogP contribution in [0.5, 0.6) is 5.75 Å². The standard InChI is InChI=1S/C32H32ClFN4O4/c1-19(39)42-8-7-20-12-32(13-20)14-26(15-32)37-31(40)27-11-24(33)9-23-17-36-38(30(23)27)18-25-5-3-22(16-35-25)21-4-6-28(34)29(10-21)41-2/h3-6,9-11,16-17,20,26H,7-8,12-15,18H2,1-2H3,(H,37,40). The molecular formula is C32H32ClFN4O4. The van der Waals surface area contributed by atoms with Gasteiger partial charge in [-0.05, 0) is 79.3 Å². The fourth-order valence-corrected chi connectivity index (χ4v) is 6.82. The number of aromatic nitrogens is 3. The summed E-state index contributed by atoms with van der Waals surface area (Å²) in [7, 11) is 1.43. The maximum atomic E-state index is 13.8. The number of hydrogen-bond acceptors (Lipinski definition) is 6. The van der Waals surface area contributed by atoms with E-state index in [1.807, 2.05) is 12.1 Å². The van der Waals surface area contributed by atoms with Crippen molar-refractivity contribution in [2.24, 2.45) is 11.3 Å². The molecule has 1 N–H and O–H groups in total. The molecule has 0 radical (unpaired) electrons. The van der Waals surface area contributed by atoms with Crippen LogP contribution in [0.3, 0.4) is 0 Å². The Bertz CT molecular complexity index is 1640. The fourth-order valence-electron chi connectivity index (χ4n) is 6.59. The molecule has 0 aliphatic heterocycles. The molecule has 0 bridgehead atoms. The molecule has 2 aliphatic rings. The largest absolute Gasteiger partial charge is 0.494 e. The van der Waals surface area contributed by atoms with E-state index in [4.69, 9.17) is 21.1 Å². The number of carbonyl (C=O) groups is 2. The number of rotatable bonds is 9. The molecule has 218 valence electrons. The maximum Gasteiger partial charge on any atom is 0.302 e. The number of fused-ring (bicyclic) bond motifs is 1. The number of benzene rings is 2. The zero-order chi connectivity index (χ0) is 29.4. The van der Waals surface area contributed by atoms with Gasteiger partial charge in [0, 0.05) is 35.1 Å². The summed E-state index contributed by atoms with van der Waals surface area (Å²) in [5.41, 5.74) is 3.87. The van der Waals surface area contributed by atoms with Crippen LogP contribution in [0.4, 0.5) is 4.39 Å². The van der Waals surface area contributed by atoms with Crippen LogP contribution < -0.4 is 10.1 Å². The van der Waals surface area contributed by atoms with Crippen molar-refractivity contribution in [2.45, 2.75) is 51.6 Å². The number of nitrogens with zero attached hydrogens (tertiary/aromatic N) is 3. The highest BCUT2D eigenvalue weighted by Crippen LogP contribution is 2.59. The van der Waals surface area contributed by atoms with Crippen LogP contribution in [-0.4, -0.2) is 46.4 Å². The van der Waals surface area contributed by atoms with Gasteiger partial charge in [0.15, 0.2) is 11.6 Å². The van der Waals surface area contributed by atoms with E-state index in [1.165, 1.54) is 20.1 Å². The highest BCUT2D eigenvalue weighted by molar-refractivity contribution is 6.32. The van der Waals surface area contributed by atoms with Crippen LogP contribution in [0.2, 0.25) is 5.02 Å². The van der Waals surface area contributed by atoms with Crippen molar-refractivity contribution in [1.29, 1.82) is 0 Å². The number of hydrogen-bond donors (Lipinski definition) is 1. The van der Waals surface area contributed by atoms with Gasteiger partial charge in [-0.2, -0.15) is 5.10 Å². The first-order valence-electron chi connectivity index (χ1n) is 14.1. The summed E-state index contributed by atoms with van der Waals surface area (Å²) in [6, 6.07) is 12.1. The normalized spacial score (nSPS) is 21.0. The number of nitrogens with one attached hydrogen (secondary N) is 1. The van der Waals surface area contributed by atoms with E-state index in [2.05, 4.69) is 15.4 Å². The maximum absolute atomic E-state index is 13.8. The predicted molar refractivity (Wildman–Crippen MR) is 157 cm³/mol. The van der Waals surface area contributed by atoms with Gasteiger partial charge in [0.2, 0.25) is 0 Å². The Labute approximate surface area is 248 Å². The molecule has 2 aromatic carbocycles. The SMILES string of the molecule is COc1cc(-c2ccc(Cn3ncc4cc(Cl)cc(C(=O)NC5CC6(CC(CCOC(C)=O)C6)C5)c43)nc2)ccc1F. The highest BCUT2D eigenvalue weighted by atomic mass is 35.5. The zero-order valence-corrected chi connectivity index (χ0v) is 24.3. The van der Waals surface area contributed by atoms with Gasteiger partial charge in [-0.3, -0.25) is 19.3 Å². The summed E-state index contributed by atoms with van der Waals surface area (Å²) in [6.07, 6.45) is 8.50. The number of pyridine rings is 1. The minimum atomic E-state index is -0.419. The Morgan fingerprint density at radius 1 is 1.10 bits per heavy atom. The average molecular weight is 591 g/mol. The van der Waals surface area contributed by atoms with E-state index in [0.29, 0.717) is 40.6 Å². The summed E-state index contributed by atoms with van der Waals surface area (Å²) in [5.74, 6) is -0.0519. The number of ether oxygens (including phenoxy) is 2. The zero-order valence-electron chi connectivity index (χ0n) is 23.5. The van der Waals surface area contributed by atoms with Crippen molar-refractivity contribution in [2.75, 3.05) is 13.7 Å². The molecule has 0 atom stereocenters. The topological polar surface area (TPSA) is 95.3 Å². The fraction of sp³-hybridized carbons (Fsp3) is 0.375. The molecular weight excluding hydrogens is 559 g/mol. The molecule has 6 rings (SSSR count). The van der Waals surface area contributed by atoms with Gasteiger partial charge in [0.1, 0.15) is 0 Å². The van der Waals surface area contributed by atoms with Crippen molar-refractivity contribution in [1.82, 2.24) is 20.1 Å². The van der Waals surface area contributed by atoms with Crippen LogP contribution in [0.25, 0.3) is 22.0 Å². The molecule has 8 nitrogen and oxygen atoms in total. The third kappa shape index (κ3) is 5.70. The Kier molecular flexibility index (Phi) is 7.62. The van der Waals surface area contributed by atoms with Crippen molar-refractivity contribution in [3.05, 3.63) is 77.0 Å². The summed E-state index contributed by atoms with van der Waals surface area (Å²) in [6.45, 7) is 2.28. The van der Waals surface area contributed by atoms with Crippen LogP contribution in [0.15, 0.2) is 54.9 Å². The molecule has 42 heavy (non-hydrogen) atoms. The summed E-state index contributed by atoms with van der Waals surface area (Å²) in [5, 5.41) is 9.00. The van der Waals surface area contributed by atoms with Gasteiger partial charge in [0.25, 0.3) is 5.91 Å². The van der Waals surface area contributed by atoms with E-state index in [1.54, 1.807) is 41.3 Å². The van der Waals surface area contributed by atoms with Gasteiger partial charge < -0.3 is 14.8 Å². The van der Waals surface area contributed by atoms with Gasteiger partial charge in [0.05, 0.1) is 43.2 Å². The van der Waals surface area contributed by atoms with E-state index < -0.39 is 5.82 Å². The molecule has 2 aliphatic carbocycles. The Hall–Kier alpha value is -3.98. The van der Waals surface area contributed by atoms with Crippen LogP contribution in [0, 0.1) is 17.2 Å². The molecule has 0 saturated heterocycles. The molecule has 10 heteroatoms. The van der Waals surface area contributed by atoms with E-state index in [-0.39, 0.29) is 23.7 Å². The lowest BCUT2D eigenvalue weighted by Crippen LogP contribution is -2.56. The second-order valence-corrected chi connectivity index (χ2v) is 12.0. The molecule has 1 amide bonds. The molecule has 0 unspecified atom stereocenters. The minimum absolute atomic E-state index is 0.122. The van der Waals surface area contributed by atoms with Crippen LogP contribution in [0.1, 0.15) is 55.1 Å². The molecule has 2 saturated carbocycles. The number of carbonyl (C=O) groups excluding carboxylic acids is 2. The number of esters is 1. The second-order valence-electron chi connectivity index (χ2n) is 11.6. The Morgan fingerprint density at radius 2 is 1.88 bits per heavy atom.